The average molecular weight is 333 g/mol. The highest BCUT2D eigenvalue weighted by Crippen LogP contribution is 2.08. The third-order valence-electron chi connectivity index (χ3n) is 2.95. The molecule has 2 aromatic carbocycles. The minimum Gasteiger partial charge on any atom is -0.744 e. The zero-order valence-corrected chi connectivity index (χ0v) is 14.5. The first-order valence-corrected chi connectivity index (χ1v) is 8.73. The molecule has 23 heavy (non-hydrogen) atoms. The lowest BCUT2D eigenvalue weighted by atomic mass is 10.2. The Kier molecular flexibility index (Phi) is 7.68. The number of hydrogen-bond acceptors (Lipinski definition) is 3. The standard InChI is InChI=1S/C11H15N.C7H8O3S/c1-12(2)10-6-9-11-7-4-3-5-8-11;1-6-2-4-7(5-3-6)11(8,9)10/h3-9H,10H2,1-2H3;2-5H,1H3,(H,8,9,10). The molecule has 0 heterocycles. The minimum atomic E-state index is -4.27. The van der Waals surface area contributed by atoms with Gasteiger partial charge >= 0.3 is 0 Å². The maximum Gasteiger partial charge on any atom is 0.124 e. The molecule has 124 valence electrons. The van der Waals surface area contributed by atoms with Gasteiger partial charge in [-0.3, -0.25) is 0 Å². The third-order valence-corrected chi connectivity index (χ3v) is 3.80. The summed E-state index contributed by atoms with van der Waals surface area (Å²) in [5, 5.41) is 0. The van der Waals surface area contributed by atoms with Crippen molar-refractivity contribution in [3.05, 3.63) is 71.8 Å². The SMILES string of the molecule is C[NH+](C)CC=Cc1ccccc1.Cc1ccc(S(=O)(=O)[O-])cc1. The van der Waals surface area contributed by atoms with Crippen molar-refractivity contribution in [3.63, 3.8) is 0 Å². The lowest BCUT2D eigenvalue weighted by Crippen LogP contribution is -3.05. The Bertz CT molecular complexity index is 706. The van der Waals surface area contributed by atoms with Gasteiger partial charge in [-0.2, -0.15) is 0 Å². The summed E-state index contributed by atoms with van der Waals surface area (Å²) in [6.45, 7) is 2.90. The summed E-state index contributed by atoms with van der Waals surface area (Å²) in [7, 11) is 0.0267. The molecule has 0 saturated carbocycles. The molecule has 0 unspecified atom stereocenters. The van der Waals surface area contributed by atoms with Gasteiger partial charge in [0.15, 0.2) is 0 Å². The molecule has 5 heteroatoms. The van der Waals surface area contributed by atoms with Crippen molar-refractivity contribution in [2.75, 3.05) is 20.6 Å². The summed E-state index contributed by atoms with van der Waals surface area (Å²) < 4.78 is 31.2. The van der Waals surface area contributed by atoms with Gasteiger partial charge in [-0.25, -0.2) is 8.42 Å². The topological polar surface area (TPSA) is 61.6 Å². The lowest BCUT2D eigenvalue weighted by molar-refractivity contribution is -0.851. The second kappa shape index (κ2) is 9.25. The van der Waals surface area contributed by atoms with Crippen molar-refractivity contribution in [1.29, 1.82) is 0 Å². The molecule has 0 aliphatic heterocycles. The van der Waals surface area contributed by atoms with Crippen molar-refractivity contribution in [1.82, 2.24) is 0 Å². The van der Waals surface area contributed by atoms with Gasteiger partial charge in [-0.1, -0.05) is 54.1 Å². The van der Waals surface area contributed by atoms with E-state index in [0.717, 1.165) is 12.1 Å². The van der Waals surface area contributed by atoms with Crippen LogP contribution in [0.15, 0.2) is 65.6 Å². The molecule has 0 amide bonds. The molecule has 2 rings (SSSR count). The maximum absolute atomic E-state index is 10.4. The first-order chi connectivity index (χ1) is 10.8. The van der Waals surface area contributed by atoms with Gasteiger partial charge < -0.3 is 9.45 Å². The smallest absolute Gasteiger partial charge is 0.124 e. The van der Waals surface area contributed by atoms with E-state index in [2.05, 4.69) is 50.5 Å². The summed E-state index contributed by atoms with van der Waals surface area (Å²) in [4.78, 5) is 1.27. The van der Waals surface area contributed by atoms with Gasteiger partial charge in [0.25, 0.3) is 0 Å². The Balaban J connectivity index is 0.000000231. The zero-order chi connectivity index (χ0) is 17.3. The van der Waals surface area contributed by atoms with E-state index in [9.17, 15) is 13.0 Å². The molecule has 2 aromatic rings. The van der Waals surface area contributed by atoms with E-state index < -0.39 is 10.1 Å². The van der Waals surface area contributed by atoms with Crippen molar-refractivity contribution in [2.24, 2.45) is 0 Å². The molecular weight excluding hydrogens is 310 g/mol. The van der Waals surface area contributed by atoms with Crippen LogP contribution in [-0.2, 0) is 10.1 Å². The molecule has 0 aromatic heterocycles. The third kappa shape index (κ3) is 8.30. The van der Waals surface area contributed by atoms with Gasteiger partial charge in [0.05, 0.1) is 25.5 Å². The van der Waals surface area contributed by atoms with E-state index in [1.54, 1.807) is 12.1 Å². The Morgan fingerprint density at radius 1 is 1.00 bits per heavy atom. The van der Waals surface area contributed by atoms with Crippen LogP contribution in [0.3, 0.4) is 0 Å². The average Bonchev–Trinajstić information content (AvgIpc) is 2.48. The summed E-state index contributed by atoms with van der Waals surface area (Å²) in [5.41, 5.74) is 2.20. The fraction of sp³-hybridized carbons (Fsp3) is 0.222. The molecule has 0 atom stereocenters. The van der Waals surface area contributed by atoms with Crippen molar-refractivity contribution in [2.45, 2.75) is 11.8 Å². The Hall–Kier alpha value is -1.95. The number of hydrogen-bond donors (Lipinski definition) is 1. The first-order valence-electron chi connectivity index (χ1n) is 7.32. The molecule has 0 spiro atoms. The fourth-order valence-corrected chi connectivity index (χ4v) is 2.17. The largest absolute Gasteiger partial charge is 0.744 e. The predicted octanol–water partition coefficient (Wildman–Crippen LogP) is 1.74. The van der Waals surface area contributed by atoms with E-state index >= 15 is 0 Å². The van der Waals surface area contributed by atoms with Gasteiger partial charge in [-0.05, 0) is 30.7 Å². The van der Waals surface area contributed by atoms with Crippen LogP contribution < -0.4 is 4.90 Å². The van der Waals surface area contributed by atoms with Gasteiger partial charge in [-0.15, -0.1) is 0 Å². The van der Waals surface area contributed by atoms with E-state index in [4.69, 9.17) is 0 Å². The molecule has 0 aliphatic carbocycles. The van der Waals surface area contributed by atoms with Gasteiger partial charge in [0.1, 0.15) is 10.1 Å². The molecule has 0 saturated heterocycles. The Morgan fingerprint density at radius 2 is 1.57 bits per heavy atom. The number of rotatable bonds is 4. The summed E-state index contributed by atoms with van der Waals surface area (Å²) >= 11 is 0. The molecule has 0 aliphatic rings. The Morgan fingerprint density at radius 3 is 2.04 bits per heavy atom. The number of quaternary nitrogens is 1. The summed E-state index contributed by atoms with van der Waals surface area (Å²) in [6, 6.07) is 16.2. The molecular formula is C18H23NO3S. The van der Waals surface area contributed by atoms with Crippen LogP contribution in [0.1, 0.15) is 11.1 Å². The van der Waals surface area contributed by atoms with Crippen molar-refractivity contribution in [3.8, 4) is 0 Å². The zero-order valence-electron chi connectivity index (χ0n) is 13.7. The highest BCUT2D eigenvalue weighted by molar-refractivity contribution is 7.85. The number of aryl methyl sites for hydroxylation is 1. The van der Waals surface area contributed by atoms with Crippen LogP contribution in [0.4, 0.5) is 0 Å². The summed E-state index contributed by atoms with van der Waals surface area (Å²) in [5.74, 6) is 0. The van der Waals surface area contributed by atoms with Crippen LogP contribution >= 0.6 is 0 Å². The number of benzene rings is 2. The van der Waals surface area contributed by atoms with Crippen LogP contribution in [0, 0.1) is 6.92 Å². The maximum atomic E-state index is 10.4. The normalized spacial score (nSPS) is 11.3. The first kappa shape index (κ1) is 19.1. The fourth-order valence-electron chi connectivity index (χ4n) is 1.70. The van der Waals surface area contributed by atoms with Gasteiger partial charge in [0.2, 0.25) is 0 Å². The lowest BCUT2D eigenvalue weighted by Gasteiger charge is -2.05. The molecule has 1 N–H and O–H groups in total. The van der Waals surface area contributed by atoms with E-state index in [1.165, 1.54) is 22.6 Å². The van der Waals surface area contributed by atoms with Crippen molar-refractivity contribution < 1.29 is 17.9 Å². The predicted molar refractivity (Wildman–Crippen MR) is 92.3 cm³/mol. The van der Waals surface area contributed by atoms with Crippen LogP contribution in [-0.4, -0.2) is 33.6 Å². The monoisotopic (exact) mass is 333 g/mol. The molecule has 0 fully saturated rings. The quantitative estimate of drug-likeness (QED) is 0.867. The van der Waals surface area contributed by atoms with Crippen molar-refractivity contribution >= 4 is 16.2 Å². The van der Waals surface area contributed by atoms with E-state index in [1.807, 2.05) is 13.0 Å². The molecule has 4 nitrogen and oxygen atoms in total. The van der Waals surface area contributed by atoms with E-state index in [-0.39, 0.29) is 4.90 Å². The number of likely N-dealkylation sites (N-methyl/N-ethyl adjacent to an activating group) is 1. The van der Waals surface area contributed by atoms with Crippen LogP contribution in [0.25, 0.3) is 6.08 Å². The van der Waals surface area contributed by atoms with Crippen LogP contribution in [0.5, 0.6) is 0 Å². The molecule has 0 bridgehead atoms. The van der Waals surface area contributed by atoms with Crippen LogP contribution in [0.2, 0.25) is 0 Å². The second-order valence-electron chi connectivity index (χ2n) is 5.49. The molecule has 0 radical (unpaired) electrons. The highest BCUT2D eigenvalue weighted by atomic mass is 32.2. The number of nitrogens with one attached hydrogen (secondary N) is 1. The summed E-state index contributed by atoms with van der Waals surface area (Å²) in [6.07, 6.45) is 4.36. The van der Waals surface area contributed by atoms with E-state index in [0.29, 0.717) is 0 Å². The Labute approximate surface area is 138 Å². The minimum absolute atomic E-state index is 0.178. The highest BCUT2D eigenvalue weighted by Gasteiger charge is 1.97. The van der Waals surface area contributed by atoms with Gasteiger partial charge in [0, 0.05) is 0 Å². The second-order valence-corrected chi connectivity index (χ2v) is 6.87.